The van der Waals surface area contributed by atoms with Gasteiger partial charge in [0.2, 0.25) is 0 Å². The Hall–Kier alpha value is -2.10. The van der Waals surface area contributed by atoms with E-state index in [-0.39, 0.29) is 0 Å². The maximum Gasteiger partial charge on any atom is 0.119 e. The van der Waals surface area contributed by atoms with Gasteiger partial charge in [-0.25, -0.2) is 0 Å². The first-order chi connectivity index (χ1) is 12.4. The topological polar surface area (TPSA) is 21.3 Å². The molecular formula is C22H23NOS. The van der Waals surface area contributed by atoms with Crippen LogP contribution in [0.15, 0.2) is 66.7 Å². The molecule has 0 radical (unpaired) electrons. The summed E-state index contributed by atoms with van der Waals surface area (Å²) in [6, 6.07) is 24.1. The first kappa shape index (κ1) is 16.4. The number of hydrogen-bond acceptors (Lipinski definition) is 3. The molecule has 1 aliphatic heterocycles. The fraction of sp³-hybridized carbons (Fsp3) is 0.273. The molecule has 0 unspecified atom stereocenters. The Morgan fingerprint density at radius 3 is 2.56 bits per heavy atom. The zero-order chi connectivity index (χ0) is 16.9. The van der Waals surface area contributed by atoms with E-state index in [0.29, 0.717) is 6.04 Å². The zero-order valence-electron chi connectivity index (χ0n) is 14.3. The van der Waals surface area contributed by atoms with Crippen molar-refractivity contribution in [1.29, 1.82) is 0 Å². The summed E-state index contributed by atoms with van der Waals surface area (Å²) in [6.07, 6.45) is 3.48. The molecule has 2 heterocycles. The van der Waals surface area contributed by atoms with Crippen LogP contribution in [0.2, 0.25) is 0 Å². The van der Waals surface area contributed by atoms with Crippen molar-refractivity contribution in [1.82, 2.24) is 5.32 Å². The van der Waals surface area contributed by atoms with Crippen LogP contribution in [0.4, 0.5) is 0 Å². The van der Waals surface area contributed by atoms with Gasteiger partial charge in [0.25, 0.3) is 0 Å². The molecule has 0 amide bonds. The minimum Gasteiger partial charge on any atom is -0.492 e. The lowest BCUT2D eigenvalue weighted by Crippen LogP contribution is -2.28. The molecule has 3 heteroatoms. The van der Waals surface area contributed by atoms with E-state index in [4.69, 9.17) is 4.74 Å². The van der Waals surface area contributed by atoms with Crippen molar-refractivity contribution < 1.29 is 4.74 Å². The summed E-state index contributed by atoms with van der Waals surface area (Å²) in [5, 5.41) is 3.46. The van der Waals surface area contributed by atoms with Gasteiger partial charge in [-0.15, -0.1) is 11.3 Å². The standard InChI is InChI=1S/C22H23NOS/c1-2-5-17(6-3-1)15-21-12-13-22(25-21)18-8-10-20(11-9-18)24-16-19-7-4-14-23-19/h1-3,5-6,8-13,19,23H,4,7,14-16H2/t19-/m1/s1. The molecule has 0 spiro atoms. The molecule has 0 saturated carbocycles. The third-order valence-corrected chi connectivity index (χ3v) is 5.77. The second kappa shape index (κ2) is 7.85. The number of thiophene rings is 1. The smallest absolute Gasteiger partial charge is 0.119 e. The summed E-state index contributed by atoms with van der Waals surface area (Å²) < 4.78 is 5.91. The number of hydrogen-bond donors (Lipinski definition) is 1. The van der Waals surface area contributed by atoms with Gasteiger partial charge in [-0.1, -0.05) is 30.3 Å². The van der Waals surface area contributed by atoms with Crippen molar-refractivity contribution in [2.45, 2.75) is 25.3 Å². The number of benzene rings is 2. The summed E-state index contributed by atoms with van der Waals surface area (Å²) in [5.41, 5.74) is 2.62. The minimum absolute atomic E-state index is 0.512. The van der Waals surface area contributed by atoms with E-state index < -0.39 is 0 Å². The monoisotopic (exact) mass is 349 g/mol. The predicted octanol–water partition coefficient (Wildman–Crippen LogP) is 5.14. The summed E-state index contributed by atoms with van der Waals surface area (Å²) in [5.74, 6) is 0.957. The lowest BCUT2D eigenvalue weighted by atomic mass is 10.1. The maximum absolute atomic E-state index is 5.91. The molecule has 1 fully saturated rings. The van der Waals surface area contributed by atoms with Crippen LogP contribution in [-0.2, 0) is 6.42 Å². The highest BCUT2D eigenvalue weighted by Gasteiger charge is 2.14. The molecule has 1 saturated heterocycles. The third-order valence-electron chi connectivity index (χ3n) is 4.64. The second-order valence-electron chi connectivity index (χ2n) is 6.56. The molecule has 25 heavy (non-hydrogen) atoms. The Labute approximate surface area is 153 Å². The second-order valence-corrected chi connectivity index (χ2v) is 7.73. The van der Waals surface area contributed by atoms with Gasteiger partial charge >= 0.3 is 0 Å². The summed E-state index contributed by atoms with van der Waals surface area (Å²) in [6.45, 7) is 1.89. The van der Waals surface area contributed by atoms with Crippen molar-refractivity contribution in [3.05, 3.63) is 77.2 Å². The van der Waals surface area contributed by atoms with Gasteiger partial charge < -0.3 is 10.1 Å². The van der Waals surface area contributed by atoms with Gasteiger partial charge in [0.15, 0.2) is 0 Å². The van der Waals surface area contributed by atoms with Crippen LogP contribution in [0, 0.1) is 0 Å². The van der Waals surface area contributed by atoms with E-state index >= 15 is 0 Å². The van der Waals surface area contributed by atoms with Crippen LogP contribution in [0.25, 0.3) is 10.4 Å². The van der Waals surface area contributed by atoms with E-state index in [1.165, 1.54) is 33.7 Å². The molecule has 1 aromatic heterocycles. The molecular weight excluding hydrogens is 326 g/mol. The molecule has 0 aliphatic carbocycles. The van der Waals surface area contributed by atoms with Gasteiger partial charge in [0, 0.05) is 22.2 Å². The van der Waals surface area contributed by atoms with Gasteiger partial charge in [0.05, 0.1) is 0 Å². The van der Waals surface area contributed by atoms with E-state index in [1.54, 1.807) is 0 Å². The molecule has 1 atom stereocenters. The molecule has 2 aromatic carbocycles. The zero-order valence-corrected chi connectivity index (χ0v) is 15.1. The molecule has 1 N–H and O–H groups in total. The highest BCUT2D eigenvalue weighted by Crippen LogP contribution is 2.30. The van der Waals surface area contributed by atoms with Crippen molar-refractivity contribution in [3.8, 4) is 16.2 Å². The lowest BCUT2D eigenvalue weighted by molar-refractivity contribution is 0.277. The van der Waals surface area contributed by atoms with Crippen LogP contribution in [0.1, 0.15) is 23.3 Å². The van der Waals surface area contributed by atoms with Crippen LogP contribution < -0.4 is 10.1 Å². The molecule has 128 valence electrons. The number of rotatable bonds is 6. The highest BCUT2D eigenvalue weighted by molar-refractivity contribution is 7.15. The van der Waals surface area contributed by atoms with E-state index in [0.717, 1.165) is 25.3 Å². The van der Waals surface area contributed by atoms with Gasteiger partial charge in [0.1, 0.15) is 12.4 Å². The van der Waals surface area contributed by atoms with Crippen molar-refractivity contribution in [2.24, 2.45) is 0 Å². The molecule has 2 nitrogen and oxygen atoms in total. The van der Waals surface area contributed by atoms with Gasteiger partial charge in [-0.2, -0.15) is 0 Å². The average Bonchev–Trinajstić information content (AvgIpc) is 3.33. The normalized spacial score (nSPS) is 16.9. The predicted molar refractivity (Wildman–Crippen MR) is 106 cm³/mol. The van der Waals surface area contributed by atoms with Gasteiger partial charge in [-0.05, 0) is 66.9 Å². The molecule has 1 aliphatic rings. The molecule has 3 aromatic rings. The Bertz CT molecular complexity index is 788. The Kier molecular flexibility index (Phi) is 5.14. The van der Waals surface area contributed by atoms with E-state index in [1.807, 2.05) is 11.3 Å². The van der Waals surface area contributed by atoms with Crippen LogP contribution in [-0.4, -0.2) is 19.2 Å². The largest absolute Gasteiger partial charge is 0.492 e. The summed E-state index contributed by atoms with van der Waals surface area (Å²) >= 11 is 1.87. The average molecular weight is 349 g/mol. The summed E-state index contributed by atoms with van der Waals surface area (Å²) in [4.78, 5) is 2.71. The van der Waals surface area contributed by atoms with Crippen LogP contribution in [0.5, 0.6) is 5.75 Å². The fourth-order valence-corrected chi connectivity index (χ4v) is 4.28. The maximum atomic E-state index is 5.91. The highest BCUT2D eigenvalue weighted by atomic mass is 32.1. The summed E-state index contributed by atoms with van der Waals surface area (Å²) in [7, 11) is 0. The Balaban J connectivity index is 1.38. The first-order valence-corrected chi connectivity index (χ1v) is 9.78. The van der Waals surface area contributed by atoms with Crippen molar-refractivity contribution >= 4 is 11.3 Å². The Morgan fingerprint density at radius 1 is 0.960 bits per heavy atom. The first-order valence-electron chi connectivity index (χ1n) is 8.96. The number of ether oxygens (including phenoxy) is 1. The molecule has 0 bridgehead atoms. The van der Waals surface area contributed by atoms with Crippen LogP contribution >= 0.6 is 11.3 Å². The number of nitrogens with one attached hydrogen (secondary N) is 1. The van der Waals surface area contributed by atoms with E-state index in [9.17, 15) is 0 Å². The van der Waals surface area contributed by atoms with Crippen molar-refractivity contribution in [2.75, 3.05) is 13.2 Å². The van der Waals surface area contributed by atoms with Crippen LogP contribution in [0.3, 0.4) is 0 Å². The third kappa shape index (κ3) is 4.30. The minimum atomic E-state index is 0.512. The van der Waals surface area contributed by atoms with Crippen molar-refractivity contribution in [3.63, 3.8) is 0 Å². The lowest BCUT2D eigenvalue weighted by Gasteiger charge is -2.12. The molecule has 4 rings (SSSR count). The quantitative estimate of drug-likeness (QED) is 0.665. The fourth-order valence-electron chi connectivity index (χ4n) is 3.24. The van der Waals surface area contributed by atoms with Gasteiger partial charge in [-0.3, -0.25) is 0 Å². The SMILES string of the molecule is c1ccc(Cc2ccc(-c3ccc(OC[C@H]4CCCN4)cc3)s2)cc1. The van der Waals surface area contributed by atoms with E-state index in [2.05, 4.69) is 72.0 Å². The Morgan fingerprint density at radius 2 is 1.80 bits per heavy atom.